The molecular formula is C7H15NO4S. The lowest BCUT2D eigenvalue weighted by Gasteiger charge is -2.08. The normalized spacial score (nSPS) is 19.5. The average molecular weight is 209 g/mol. The third-order valence-electron chi connectivity index (χ3n) is 1.77. The first-order valence-corrected chi connectivity index (χ1v) is 6.00. The molecule has 0 bridgehead atoms. The molecule has 0 saturated carbocycles. The van der Waals surface area contributed by atoms with E-state index in [1.807, 2.05) is 0 Å². The first-order valence-electron chi connectivity index (χ1n) is 4.34. The second kappa shape index (κ2) is 4.90. The highest BCUT2D eigenvalue weighted by atomic mass is 32.2. The molecule has 0 aromatic heterocycles. The Balaban J connectivity index is 2.13. The minimum absolute atomic E-state index is 0.110. The van der Waals surface area contributed by atoms with Gasteiger partial charge in [-0.05, 0) is 6.92 Å². The van der Waals surface area contributed by atoms with Crippen molar-refractivity contribution in [3.63, 3.8) is 0 Å². The van der Waals surface area contributed by atoms with Gasteiger partial charge in [-0.25, -0.2) is 13.1 Å². The summed E-state index contributed by atoms with van der Waals surface area (Å²) < 4.78 is 34.7. The van der Waals surface area contributed by atoms with E-state index in [0.717, 1.165) is 0 Å². The van der Waals surface area contributed by atoms with Crippen LogP contribution >= 0.6 is 0 Å². The van der Waals surface area contributed by atoms with Crippen molar-refractivity contribution >= 4 is 10.0 Å². The predicted molar refractivity (Wildman–Crippen MR) is 47.8 cm³/mol. The van der Waals surface area contributed by atoms with Crippen molar-refractivity contribution in [2.45, 2.75) is 19.6 Å². The summed E-state index contributed by atoms with van der Waals surface area (Å²) in [5.74, 6) is 0.110. The van der Waals surface area contributed by atoms with Crippen LogP contribution in [-0.2, 0) is 19.5 Å². The third-order valence-corrected chi connectivity index (χ3v) is 3.18. The van der Waals surface area contributed by atoms with E-state index in [4.69, 9.17) is 9.47 Å². The van der Waals surface area contributed by atoms with Gasteiger partial charge in [0, 0.05) is 13.0 Å². The molecule has 0 aromatic carbocycles. The second-order valence-electron chi connectivity index (χ2n) is 2.76. The quantitative estimate of drug-likeness (QED) is 0.674. The zero-order chi connectivity index (χ0) is 9.73. The molecule has 1 heterocycles. The molecule has 13 heavy (non-hydrogen) atoms. The Bertz CT molecular complexity index is 233. The van der Waals surface area contributed by atoms with Crippen LogP contribution in [0.2, 0.25) is 0 Å². The van der Waals surface area contributed by atoms with Crippen molar-refractivity contribution in [2.75, 3.05) is 25.5 Å². The molecule has 0 amide bonds. The number of rotatable bonds is 5. The molecule has 1 N–H and O–H groups in total. The van der Waals surface area contributed by atoms with Crippen molar-refractivity contribution in [3.05, 3.63) is 0 Å². The van der Waals surface area contributed by atoms with Crippen LogP contribution in [0.5, 0.6) is 0 Å². The van der Waals surface area contributed by atoms with Gasteiger partial charge in [-0.1, -0.05) is 0 Å². The van der Waals surface area contributed by atoms with Crippen LogP contribution in [0, 0.1) is 0 Å². The van der Waals surface area contributed by atoms with Gasteiger partial charge in [-0.3, -0.25) is 0 Å². The molecule has 0 aliphatic carbocycles. The lowest BCUT2D eigenvalue weighted by atomic mass is 10.4. The Labute approximate surface area is 78.5 Å². The zero-order valence-electron chi connectivity index (χ0n) is 7.65. The largest absolute Gasteiger partial charge is 0.350 e. The van der Waals surface area contributed by atoms with Crippen LogP contribution in [0.4, 0.5) is 0 Å². The topological polar surface area (TPSA) is 64.6 Å². The van der Waals surface area contributed by atoms with Crippen LogP contribution in [0.1, 0.15) is 13.3 Å². The van der Waals surface area contributed by atoms with Gasteiger partial charge in [-0.2, -0.15) is 0 Å². The molecule has 1 fully saturated rings. The summed E-state index contributed by atoms with van der Waals surface area (Å²) in [4.78, 5) is 0. The smallest absolute Gasteiger partial charge is 0.211 e. The Hall–Kier alpha value is -0.170. The van der Waals surface area contributed by atoms with Gasteiger partial charge in [0.2, 0.25) is 10.0 Å². The number of ether oxygens (including phenoxy) is 2. The van der Waals surface area contributed by atoms with Crippen molar-refractivity contribution in [1.29, 1.82) is 0 Å². The molecule has 5 nitrogen and oxygen atoms in total. The monoisotopic (exact) mass is 209 g/mol. The molecule has 0 unspecified atom stereocenters. The number of nitrogens with one attached hydrogen (secondary N) is 1. The van der Waals surface area contributed by atoms with E-state index in [1.54, 1.807) is 6.92 Å². The molecule has 1 aliphatic rings. The van der Waals surface area contributed by atoms with E-state index >= 15 is 0 Å². The van der Waals surface area contributed by atoms with Crippen LogP contribution < -0.4 is 4.72 Å². The van der Waals surface area contributed by atoms with Gasteiger partial charge >= 0.3 is 0 Å². The van der Waals surface area contributed by atoms with Crippen LogP contribution in [-0.4, -0.2) is 40.2 Å². The van der Waals surface area contributed by atoms with Gasteiger partial charge in [0.1, 0.15) is 0 Å². The highest BCUT2D eigenvalue weighted by molar-refractivity contribution is 7.89. The molecule has 1 aliphatic heterocycles. The Kier molecular flexibility index (Phi) is 4.11. The summed E-state index contributed by atoms with van der Waals surface area (Å²) in [7, 11) is -3.07. The fourth-order valence-electron chi connectivity index (χ4n) is 1.01. The highest BCUT2D eigenvalue weighted by Gasteiger charge is 2.16. The summed E-state index contributed by atoms with van der Waals surface area (Å²) in [5.41, 5.74) is 0. The van der Waals surface area contributed by atoms with E-state index < -0.39 is 10.0 Å². The SMILES string of the molecule is CCS(=O)(=O)NCCC1OCCO1. The lowest BCUT2D eigenvalue weighted by molar-refractivity contribution is -0.0451. The Morgan fingerprint density at radius 1 is 1.38 bits per heavy atom. The van der Waals surface area contributed by atoms with Crippen molar-refractivity contribution in [3.8, 4) is 0 Å². The maximum absolute atomic E-state index is 11.0. The van der Waals surface area contributed by atoms with Crippen LogP contribution in [0.25, 0.3) is 0 Å². The summed E-state index contributed by atoms with van der Waals surface area (Å²) in [5, 5.41) is 0. The molecule has 0 radical (unpaired) electrons. The number of sulfonamides is 1. The first-order chi connectivity index (χ1) is 6.14. The summed E-state index contributed by atoms with van der Waals surface area (Å²) in [6.07, 6.45) is 0.332. The van der Waals surface area contributed by atoms with E-state index in [9.17, 15) is 8.42 Å². The maximum atomic E-state index is 11.0. The maximum Gasteiger partial charge on any atom is 0.211 e. The van der Waals surface area contributed by atoms with E-state index in [-0.39, 0.29) is 12.0 Å². The summed E-state index contributed by atoms with van der Waals surface area (Å²) in [6, 6.07) is 0. The third kappa shape index (κ3) is 4.04. The molecule has 1 saturated heterocycles. The lowest BCUT2D eigenvalue weighted by Crippen LogP contribution is -2.28. The second-order valence-corrected chi connectivity index (χ2v) is 4.85. The predicted octanol–water partition coefficient (Wildman–Crippen LogP) is -0.311. The number of hydrogen-bond donors (Lipinski definition) is 1. The average Bonchev–Trinajstić information content (AvgIpc) is 2.57. The fraction of sp³-hybridized carbons (Fsp3) is 1.00. The molecular weight excluding hydrogens is 194 g/mol. The molecule has 78 valence electrons. The van der Waals surface area contributed by atoms with Crippen molar-refractivity contribution < 1.29 is 17.9 Å². The van der Waals surface area contributed by atoms with Crippen LogP contribution in [0.15, 0.2) is 0 Å². The summed E-state index contributed by atoms with van der Waals surface area (Å²) >= 11 is 0. The fourth-order valence-corrected chi connectivity index (χ4v) is 1.64. The molecule has 0 aromatic rings. The minimum Gasteiger partial charge on any atom is -0.350 e. The highest BCUT2D eigenvalue weighted by Crippen LogP contribution is 2.06. The molecule has 1 rings (SSSR count). The van der Waals surface area contributed by atoms with Gasteiger partial charge in [0.05, 0.1) is 19.0 Å². The molecule has 0 atom stereocenters. The standard InChI is InChI=1S/C7H15NO4S/c1-2-13(9,10)8-4-3-7-11-5-6-12-7/h7-8H,2-6H2,1H3. The first kappa shape index (κ1) is 10.9. The minimum atomic E-state index is -3.07. The van der Waals surface area contributed by atoms with E-state index in [1.165, 1.54) is 0 Å². The molecule has 0 spiro atoms. The van der Waals surface area contributed by atoms with Gasteiger partial charge in [0.15, 0.2) is 6.29 Å². The van der Waals surface area contributed by atoms with Gasteiger partial charge in [-0.15, -0.1) is 0 Å². The van der Waals surface area contributed by atoms with Crippen molar-refractivity contribution in [2.24, 2.45) is 0 Å². The zero-order valence-corrected chi connectivity index (χ0v) is 8.47. The van der Waals surface area contributed by atoms with E-state index in [0.29, 0.717) is 26.2 Å². The Morgan fingerprint density at radius 3 is 2.54 bits per heavy atom. The Morgan fingerprint density at radius 2 is 2.00 bits per heavy atom. The van der Waals surface area contributed by atoms with Gasteiger partial charge < -0.3 is 9.47 Å². The van der Waals surface area contributed by atoms with Crippen molar-refractivity contribution in [1.82, 2.24) is 4.72 Å². The number of hydrogen-bond acceptors (Lipinski definition) is 4. The van der Waals surface area contributed by atoms with E-state index in [2.05, 4.69) is 4.72 Å². The van der Waals surface area contributed by atoms with Crippen LogP contribution in [0.3, 0.4) is 0 Å². The van der Waals surface area contributed by atoms with Gasteiger partial charge in [0.25, 0.3) is 0 Å². The summed E-state index contributed by atoms with van der Waals surface area (Å²) in [6.45, 7) is 3.18. The molecule has 6 heteroatoms.